The lowest BCUT2D eigenvalue weighted by molar-refractivity contribution is -0.119. The molecule has 0 saturated heterocycles. The number of hydrogen-bond acceptors (Lipinski definition) is 4. The summed E-state index contributed by atoms with van der Waals surface area (Å²) in [4.78, 5) is 22.1. The number of carbonyl (C=O) groups excluding carboxylic acids is 2. The molecule has 0 aliphatic heterocycles. The highest BCUT2D eigenvalue weighted by Crippen LogP contribution is 2.07. The maximum Gasteiger partial charge on any atom is 0.508 e. The fraction of sp³-hybridized carbons (Fsp3) is 0.733. The summed E-state index contributed by atoms with van der Waals surface area (Å²) in [6.07, 6.45) is 10.7. The number of methoxy groups -OCH3 is 1. The number of ketones is 1. The highest BCUT2D eigenvalue weighted by molar-refractivity contribution is 5.78. The maximum atomic E-state index is 11.5. The third kappa shape index (κ3) is 12.9. The summed E-state index contributed by atoms with van der Waals surface area (Å²) in [5.41, 5.74) is 0. The van der Waals surface area contributed by atoms with Gasteiger partial charge in [0.1, 0.15) is 12.4 Å². The Kier molecular flexibility index (Phi) is 12.2. The van der Waals surface area contributed by atoms with Crippen LogP contribution in [0.1, 0.15) is 58.3 Å². The molecule has 0 N–H and O–H groups in total. The zero-order valence-electron chi connectivity index (χ0n) is 12.2. The van der Waals surface area contributed by atoms with Crippen LogP contribution in [0.4, 0.5) is 4.79 Å². The number of allylic oxidation sites excluding steroid dienone is 1. The third-order valence-electron chi connectivity index (χ3n) is 2.77. The SMILES string of the molecule is CCCCCCC(=O)CCC/C=C/COC(=O)OC. The van der Waals surface area contributed by atoms with Gasteiger partial charge in [-0.1, -0.05) is 38.3 Å². The van der Waals surface area contributed by atoms with Crippen molar-refractivity contribution in [2.45, 2.75) is 58.3 Å². The van der Waals surface area contributed by atoms with E-state index < -0.39 is 6.16 Å². The smallest absolute Gasteiger partial charge is 0.438 e. The van der Waals surface area contributed by atoms with Gasteiger partial charge in [-0.25, -0.2) is 4.79 Å². The van der Waals surface area contributed by atoms with Gasteiger partial charge in [0.2, 0.25) is 0 Å². The molecule has 0 amide bonds. The summed E-state index contributed by atoms with van der Waals surface area (Å²) in [6.45, 7) is 2.38. The van der Waals surface area contributed by atoms with E-state index in [1.54, 1.807) is 6.08 Å². The molecule has 19 heavy (non-hydrogen) atoms. The molecule has 0 fully saturated rings. The van der Waals surface area contributed by atoms with Crippen LogP contribution in [0.5, 0.6) is 0 Å². The van der Waals surface area contributed by atoms with Gasteiger partial charge < -0.3 is 9.47 Å². The molecule has 0 unspecified atom stereocenters. The van der Waals surface area contributed by atoms with Gasteiger partial charge in [-0.05, 0) is 19.3 Å². The molecule has 0 aromatic rings. The summed E-state index contributed by atoms with van der Waals surface area (Å²) >= 11 is 0. The van der Waals surface area contributed by atoms with Crippen LogP contribution in [0, 0.1) is 0 Å². The van der Waals surface area contributed by atoms with Crippen LogP contribution in [-0.2, 0) is 14.3 Å². The fourth-order valence-corrected chi connectivity index (χ4v) is 1.65. The zero-order valence-corrected chi connectivity index (χ0v) is 12.2. The van der Waals surface area contributed by atoms with Crippen molar-refractivity contribution in [3.8, 4) is 0 Å². The lowest BCUT2D eigenvalue weighted by Crippen LogP contribution is -2.03. The Morgan fingerprint density at radius 2 is 1.74 bits per heavy atom. The second-order valence-electron chi connectivity index (χ2n) is 4.48. The van der Waals surface area contributed by atoms with E-state index in [0.29, 0.717) is 12.2 Å². The molecule has 0 aliphatic rings. The van der Waals surface area contributed by atoms with Gasteiger partial charge >= 0.3 is 6.16 Å². The van der Waals surface area contributed by atoms with Gasteiger partial charge in [-0.3, -0.25) is 4.79 Å². The Bertz CT molecular complexity index is 271. The van der Waals surface area contributed by atoms with E-state index >= 15 is 0 Å². The molecule has 110 valence electrons. The lowest BCUT2D eigenvalue weighted by atomic mass is 10.1. The molecule has 0 aromatic carbocycles. The summed E-state index contributed by atoms with van der Waals surface area (Å²) in [7, 11) is 1.28. The molecule has 0 saturated carbocycles. The van der Waals surface area contributed by atoms with Crippen molar-refractivity contribution in [3.63, 3.8) is 0 Å². The Balaban J connectivity index is 3.35. The fourth-order valence-electron chi connectivity index (χ4n) is 1.65. The molecular formula is C15H26O4. The Labute approximate surface area is 116 Å². The van der Waals surface area contributed by atoms with Crippen LogP contribution in [0.3, 0.4) is 0 Å². The van der Waals surface area contributed by atoms with Crippen molar-refractivity contribution >= 4 is 11.9 Å². The average Bonchev–Trinajstić information content (AvgIpc) is 2.42. The van der Waals surface area contributed by atoms with Crippen LogP contribution >= 0.6 is 0 Å². The van der Waals surface area contributed by atoms with E-state index in [1.165, 1.54) is 20.0 Å². The van der Waals surface area contributed by atoms with Gasteiger partial charge in [0.15, 0.2) is 0 Å². The van der Waals surface area contributed by atoms with Crippen molar-refractivity contribution in [2.24, 2.45) is 0 Å². The second-order valence-corrected chi connectivity index (χ2v) is 4.48. The van der Waals surface area contributed by atoms with Gasteiger partial charge in [0.25, 0.3) is 0 Å². The van der Waals surface area contributed by atoms with Crippen LogP contribution in [-0.4, -0.2) is 25.7 Å². The second kappa shape index (κ2) is 13.1. The van der Waals surface area contributed by atoms with Crippen LogP contribution in [0.15, 0.2) is 12.2 Å². The first-order chi connectivity index (χ1) is 9.20. The molecule has 0 radical (unpaired) electrons. The number of hydrogen-bond donors (Lipinski definition) is 0. The van der Waals surface area contributed by atoms with Crippen molar-refractivity contribution in [1.82, 2.24) is 0 Å². The highest BCUT2D eigenvalue weighted by Gasteiger charge is 2.00. The minimum absolute atomic E-state index is 0.220. The molecule has 0 heterocycles. The van der Waals surface area contributed by atoms with E-state index in [9.17, 15) is 9.59 Å². The zero-order chi connectivity index (χ0) is 14.3. The normalized spacial score (nSPS) is 10.6. The van der Waals surface area contributed by atoms with E-state index in [0.717, 1.165) is 32.1 Å². The van der Waals surface area contributed by atoms with E-state index in [1.807, 2.05) is 6.08 Å². The standard InChI is InChI=1S/C15H26O4/c1-3-4-5-8-11-14(16)12-9-6-7-10-13-19-15(17)18-2/h7,10H,3-6,8-9,11-13H2,1-2H3/b10-7+. The first-order valence-corrected chi connectivity index (χ1v) is 7.08. The van der Waals surface area contributed by atoms with Gasteiger partial charge in [-0.15, -0.1) is 0 Å². The minimum atomic E-state index is -0.674. The summed E-state index contributed by atoms with van der Waals surface area (Å²) in [5.74, 6) is 0.357. The van der Waals surface area contributed by atoms with Crippen LogP contribution in [0.2, 0.25) is 0 Å². The van der Waals surface area contributed by atoms with E-state index in [4.69, 9.17) is 0 Å². The number of carbonyl (C=O) groups is 2. The monoisotopic (exact) mass is 270 g/mol. The lowest BCUT2D eigenvalue weighted by Gasteiger charge is -2.00. The third-order valence-corrected chi connectivity index (χ3v) is 2.77. The molecule has 0 bridgehead atoms. The van der Waals surface area contributed by atoms with Crippen molar-refractivity contribution < 1.29 is 19.1 Å². The topological polar surface area (TPSA) is 52.6 Å². The number of Topliss-reactive ketones (excluding diaryl/α,β-unsaturated/α-hetero) is 1. The van der Waals surface area contributed by atoms with E-state index in [2.05, 4.69) is 16.4 Å². The van der Waals surface area contributed by atoms with Crippen LogP contribution in [0.25, 0.3) is 0 Å². The van der Waals surface area contributed by atoms with E-state index in [-0.39, 0.29) is 6.61 Å². The Morgan fingerprint density at radius 1 is 1.00 bits per heavy atom. The molecule has 0 spiro atoms. The molecule has 4 heteroatoms. The minimum Gasteiger partial charge on any atom is -0.438 e. The quantitative estimate of drug-likeness (QED) is 0.323. The van der Waals surface area contributed by atoms with Gasteiger partial charge in [0.05, 0.1) is 7.11 Å². The van der Waals surface area contributed by atoms with Crippen molar-refractivity contribution in [2.75, 3.05) is 13.7 Å². The Hall–Kier alpha value is -1.32. The summed E-state index contributed by atoms with van der Waals surface area (Å²) in [5, 5.41) is 0. The van der Waals surface area contributed by atoms with Gasteiger partial charge in [0, 0.05) is 12.8 Å². The highest BCUT2D eigenvalue weighted by atomic mass is 16.7. The molecule has 0 atom stereocenters. The molecule has 0 aromatic heterocycles. The first-order valence-electron chi connectivity index (χ1n) is 7.08. The number of rotatable bonds is 11. The molecule has 0 rings (SSSR count). The maximum absolute atomic E-state index is 11.5. The predicted molar refractivity (Wildman–Crippen MR) is 75.1 cm³/mol. The predicted octanol–water partition coefficient (Wildman–Crippen LogP) is 4.04. The summed E-state index contributed by atoms with van der Waals surface area (Å²) in [6, 6.07) is 0. The largest absolute Gasteiger partial charge is 0.508 e. The number of ether oxygens (including phenoxy) is 2. The van der Waals surface area contributed by atoms with Crippen molar-refractivity contribution in [1.29, 1.82) is 0 Å². The number of unbranched alkanes of at least 4 members (excludes halogenated alkanes) is 4. The average molecular weight is 270 g/mol. The first kappa shape index (κ1) is 17.7. The molecule has 0 aliphatic carbocycles. The van der Waals surface area contributed by atoms with Gasteiger partial charge in [-0.2, -0.15) is 0 Å². The van der Waals surface area contributed by atoms with Crippen molar-refractivity contribution in [3.05, 3.63) is 12.2 Å². The molecular weight excluding hydrogens is 244 g/mol. The molecule has 4 nitrogen and oxygen atoms in total. The summed E-state index contributed by atoms with van der Waals surface area (Å²) < 4.78 is 9.00. The van der Waals surface area contributed by atoms with Crippen LogP contribution < -0.4 is 0 Å². The Morgan fingerprint density at radius 3 is 2.42 bits per heavy atom.